The Morgan fingerprint density at radius 2 is 2.08 bits per heavy atom. The van der Waals surface area contributed by atoms with Crippen molar-refractivity contribution in [3.8, 4) is 0 Å². The molecule has 26 heavy (non-hydrogen) atoms. The monoisotopic (exact) mass is 357 g/mol. The lowest BCUT2D eigenvalue weighted by Gasteiger charge is -2.34. The third-order valence-electron chi connectivity index (χ3n) is 5.78. The van der Waals surface area contributed by atoms with Crippen molar-refractivity contribution < 1.29 is 9.53 Å². The number of piperidine rings is 1. The van der Waals surface area contributed by atoms with Crippen molar-refractivity contribution in [2.24, 2.45) is 25.9 Å². The van der Waals surface area contributed by atoms with Gasteiger partial charge in [0.05, 0.1) is 18.2 Å². The number of likely N-dealkylation sites (tertiary alicyclic amines) is 1. The van der Waals surface area contributed by atoms with Gasteiger partial charge in [0.1, 0.15) is 5.82 Å². The van der Waals surface area contributed by atoms with Gasteiger partial charge >= 0.3 is 0 Å². The second kappa shape index (κ2) is 7.23. The van der Waals surface area contributed by atoms with Crippen molar-refractivity contribution in [3.63, 3.8) is 0 Å². The van der Waals surface area contributed by atoms with Crippen molar-refractivity contribution in [1.29, 1.82) is 0 Å². The van der Waals surface area contributed by atoms with E-state index in [-0.39, 0.29) is 17.9 Å². The largest absolute Gasteiger partial charge is 0.373 e. The lowest BCUT2D eigenvalue weighted by molar-refractivity contribution is -0.138. The maximum absolute atomic E-state index is 13.1. The van der Waals surface area contributed by atoms with E-state index in [9.17, 15) is 4.79 Å². The summed E-state index contributed by atoms with van der Waals surface area (Å²) in [5.41, 5.74) is 1.01. The van der Waals surface area contributed by atoms with Gasteiger partial charge in [-0.3, -0.25) is 9.48 Å². The van der Waals surface area contributed by atoms with Crippen LogP contribution in [-0.2, 0) is 30.0 Å². The highest BCUT2D eigenvalue weighted by molar-refractivity contribution is 5.80. The Balaban J connectivity index is 1.35. The van der Waals surface area contributed by atoms with Crippen LogP contribution in [0.5, 0.6) is 0 Å². The molecule has 2 aromatic heterocycles. The first-order chi connectivity index (χ1) is 12.6. The molecule has 2 aliphatic heterocycles. The molecule has 140 valence electrons. The minimum Gasteiger partial charge on any atom is -0.373 e. The molecule has 2 aliphatic rings. The van der Waals surface area contributed by atoms with Crippen LogP contribution in [0, 0.1) is 11.8 Å². The highest BCUT2D eigenvalue weighted by Gasteiger charge is 2.39. The Hall–Kier alpha value is -2.15. The third kappa shape index (κ3) is 3.40. The van der Waals surface area contributed by atoms with Crippen molar-refractivity contribution in [2.75, 3.05) is 19.7 Å². The van der Waals surface area contributed by atoms with Gasteiger partial charge < -0.3 is 14.2 Å². The highest BCUT2D eigenvalue weighted by atomic mass is 16.5. The quantitative estimate of drug-likeness (QED) is 0.836. The van der Waals surface area contributed by atoms with E-state index in [4.69, 9.17) is 4.74 Å². The summed E-state index contributed by atoms with van der Waals surface area (Å²) in [6, 6.07) is 0. The number of amides is 1. The molecule has 4 heterocycles. The fourth-order valence-corrected chi connectivity index (χ4v) is 4.20. The first-order valence-electron chi connectivity index (χ1n) is 9.47. The summed E-state index contributed by atoms with van der Waals surface area (Å²) in [4.78, 5) is 19.5. The van der Waals surface area contributed by atoms with Gasteiger partial charge in [0.25, 0.3) is 0 Å². The van der Waals surface area contributed by atoms with Crippen molar-refractivity contribution in [3.05, 3.63) is 36.2 Å². The summed E-state index contributed by atoms with van der Waals surface area (Å²) < 4.78 is 9.72. The van der Waals surface area contributed by atoms with Crippen molar-refractivity contribution >= 4 is 5.91 Å². The number of aromatic nitrogens is 4. The number of carbonyl (C=O) groups is 1. The van der Waals surface area contributed by atoms with Crippen LogP contribution in [0.15, 0.2) is 24.8 Å². The SMILES string of the molecule is Cn1cc([C@H]2OCC[C@@H]2C(=O)N2CCC(Cc3nccn3C)CC2)cn1. The molecule has 0 aliphatic carbocycles. The number of ether oxygens (including phenoxy) is 1. The van der Waals surface area contributed by atoms with Crippen LogP contribution in [0.3, 0.4) is 0 Å². The normalized spacial score (nSPS) is 24.3. The van der Waals surface area contributed by atoms with E-state index < -0.39 is 0 Å². The minimum absolute atomic E-state index is 0.0784. The molecular formula is C19H27N5O2. The molecular weight excluding hydrogens is 330 g/mol. The number of nitrogens with zero attached hydrogens (tertiary/aromatic N) is 5. The molecule has 7 heteroatoms. The van der Waals surface area contributed by atoms with Gasteiger partial charge in [0.2, 0.25) is 5.91 Å². The van der Waals surface area contributed by atoms with Gasteiger partial charge in [-0.15, -0.1) is 0 Å². The predicted octanol–water partition coefficient (Wildman–Crippen LogP) is 1.71. The predicted molar refractivity (Wildman–Crippen MR) is 96.2 cm³/mol. The molecule has 4 rings (SSSR count). The first kappa shape index (κ1) is 17.3. The Morgan fingerprint density at radius 3 is 2.73 bits per heavy atom. The smallest absolute Gasteiger partial charge is 0.228 e. The molecule has 0 unspecified atom stereocenters. The first-order valence-corrected chi connectivity index (χ1v) is 9.47. The lowest BCUT2D eigenvalue weighted by atomic mass is 9.90. The van der Waals surface area contributed by atoms with Crippen LogP contribution in [0.1, 0.15) is 36.8 Å². The molecule has 0 bridgehead atoms. The minimum atomic E-state index is -0.151. The number of hydrogen-bond acceptors (Lipinski definition) is 4. The summed E-state index contributed by atoms with van der Waals surface area (Å²) >= 11 is 0. The maximum Gasteiger partial charge on any atom is 0.228 e. The molecule has 0 radical (unpaired) electrons. The Bertz CT molecular complexity index is 760. The van der Waals surface area contributed by atoms with Gasteiger partial charge in [-0.25, -0.2) is 4.98 Å². The molecule has 0 N–H and O–H groups in total. The molecule has 0 aromatic carbocycles. The maximum atomic E-state index is 13.1. The van der Waals surface area contributed by atoms with Crippen LogP contribution in [0.4, 0.5) is 0 Å². The number of aryl methyl sites for hydroxylation is 2. The Morgan fingerprint density at radius 1 is 1.27 bits per heavy atom. The van der Waals surface area contributed by atoms with E-state index in [0.29, 0.717) is 12.5 Å². The molecule has 2 fully saturated rings. The summed E-state index contributed by atoms with van der Waals surface area (Å²) in [6.45, 7) is 2.32. The van der Waals surface area contributed by atoms with Crippen LogP contribution in [0.2, 0.25) is 0 Å². The molecule has 2 atom stereocenters. The molecule has 1 amide bonds. The van der Waals surface area contributed by atoms with Crippen LogP contribution in [0.25, 0.3) is 0 Å². The van der Waals surface area contributed by atoms with E-state index in [1.165, 1.54) is 0 Å². The second-order valence-corrected chi connectivity index (χ2v) is 7.56. The van der Waals surface area contributed by atoms with E-state index >= 15 is 0 Å². The molecule has 2 aromatic rings. The van der Waals surface area contributed by atoms with Gasteiger partial charge in [-0.2, -0.15) is 5.10 Å². The Kier molecular flexibility index (Phi) is 4.80. The average molecular weight is 357 g/mol. The zero-order valence-electron chi connectivity index (χ0n) is 15.5. The van der Waals surface area contributed by atoms with Crippen molar-refractivity contribution in [1.82, 2.24) is 24.2 Å². The lowest BCUT2D eigenvalue weighted by Crippen LogP contribution is -2.42. The summed E-state index contributed by atoms with van der Waals surface area (Å²) in [6.07, 6.45) is 11.3. The third-order valence-corrected chi connectivity index (χ3v) is 5.78. The highest BCUT2D eigenvalue weighted by Crippen LogP contribution is 2.36. The summed E-state index contributed by atoms with van der Waals surface area (Å²) in [7, 11) is 3.93. The zero-order valence-corrected chi connectivity index (χ0v) is 15.5. The van der Waals surface area contributed by atoms with Crippen LogP contribution >= 0.6 is 0 Å². The van der Waals surface area contributed by atoms with Gasteiger partial charge in [0.15, 0.2) is 0 Å². The van der Waals surface area contributed by atoms with Gasteiger partial charge in [0, 0.05) is 64.4 Å². The average Bonchev–Trinajstić information content (AvgIpc) is 3.37. The summed E-state index contributed by atoms with van der Waals surface area (Å²) in [5, 5.41) is 4.22. The van der Waals surface area contributed by atoms with E-state index in [0.717, 1.165) is 50.2 Å². The number of rotatable bonds is 4. The van der Waals surface area contributed by atoms with Gasteiger partial charge in [-0.1, -0.05) is 0 Å². The number of carbonyl (C=O) groups excluding carboxylic acids is 1. The van der Waals surface area contributed by atoms with Crippen LogP contribution < -0.4 is 0 Å². The molecule has 7 nitrogen and oxygen atoms in total. The fraction of sp³-hybridized carbons (Fsp3) is 0.632. The molecule has 0 spiro atoms. The second-order valence-electron chi connectivity index (χ2n) is 7.56. The Labute approximate surface area is 154 Å². The van der Waals surface area contributed by atoms with E-state index in [1.807, 2.05) is 43.8 Å². The van der Waals surface area contributed by atoms with Gasteiger partial charge in [-0.05, 0) is 25.2 Å². The summed E-state index contributed by atoms with van der Waals surface area (Å²) in [5.74, 6) is 1.90. The van der Waals surface area contributed by atoms with Crippen LogP contribution in [-0.4, -0.2) is 49.8 Å². The van der Waals surface area contributed by atoms with Crippen molar-refractivity contribution in [2.45, 2.75) is 31.8 Å². The number of imidazole rings is 1. The molecule has 0 saturated carbocycles. The molecule has 2 saturated heterocycles. The van der Waals surface area contributed by atoms with E-state index in [2.05, 4.69) is 14.6 Å². The van der Waals surface area contributed by atoms with E-state index in [1.54, 1.807) is 4.68 Å². The standard InChI is InChI=1S/C19H27N5O2/c1-22-9-6-20-17(22)11-14-3-7-24(8-4-14)19(25)16-5-10-26-18(16)15-12-21-23(2)13-15/h6,9,12-14,16,18H,3-5,7-8,10-11H2,1-2H3/t16-,18+/m0/s1. The fourth-order valence-electron chi connectivity index (χ4n) is 4.20. The number of hydrogen-bond donors (Lipinski definition) is 0. The topological polar surface area (TPSA) is 65.2 Å². The zero-order chi connectivity index (χ0) is 18.1.